The molecule has 1 amide bonds. The van der Waals surface area contributed by atoms with E-state index in [2.05, 4.69) is 17.1 Å². The molecule has 1 aromatic rings. The Balaban J connectivity index is 1.75. The normalized spacial score (nSPS) is 21.3. The molecule has 0 aromatic carbocycles. The molecule has 1 aliphatic rings. The van der Waals surface area contributed by atoms with Crippen LogP contribution in [0.4, 0.5) is 0 Å². The zero-order chi connectivity index (χ0) is 16.2. The fraction of sp³-hybridized carbons (Fsp3) is 0.733. The first-order valence-corrected chi connectivity index (χ1v) is 7.77. The van der Waals surface area contributed by atoms with Gasteiger partial charge in [0.2, 0.25) is 11.8 Å². The average molecular weight is 309 g/mol. The van der Waals surface area contributed by atoms with E-state index in [1.165, 1.54) is 0 Å². The molecule has 1 atom stereocenters. The molecule has 0 radical (unpaired) electrons. The van der Waals surface area contributed by atoms with Crippen molar-refractivity contribution < 1.29 is 19.2 Å². The first-order chi connectivity index (χ1) is 10.4. The van der Waals surface area contributed by atoms with Crippen LogP contribution in [0.3, 0.4) is 0 Å². The summed E-state index contributed by atoms with van der Waals surface area (Å²) in [5, 5.41) is 13.1. The van der Waals surface area contributed by atoms with Crippen molar-refractivity contribution in [1.82, 2.24) is 15.0 Å². The standard InChI is InChI=1S/C15H23N3O4/c1-3-5-11-16-12(22-17-11)6-4-7-13(19)18-9-8-15(2,10-18)14(20)21/h3-10H2,1-2H3,(H,20,21). The summed E-state index contributed by atoms with van der Waals surface area (Å²) in [4.78, 5) is 29.2. The summed E-state index contributed by atoms with van der Waals surface area (Å²) in [6.45, 7) is 4.55. The van der Waals surface area contributed by atoms with E-state index in [0.717, 1.165) is 12.8 Å². The van der Waals surface area contributed by atoms with Gasteiger partial charge in [0, 0.05) is 32.4 Å². The molecule has 0 aliphatic carbocycles. The fourth-order valence-corrected chi connectivity index (χ4v) is 2.61. The van der Waals surface area contributed by atoms with Gasteiger partial charge in [-0.05, 0) is 26.2 Å². The lowest BCUT2D eigenvalue weighted by molar-refractivity contribution is -0.147. The maximum atomic E-state index is 12.1. The number of nitrogens with zero attached hydrogens (tertiary/aromatic N) is 3. The van der Waals surface area contributed by atoms with Crippen LogP contribution in [0.5, 0.6) is 0 Å². The Labute approximate surface area is 129 Å². The topological polar surface area (TPSA) is 96.5 Å². The van der Waals surface area contributed by atoms with Crippen LogP contribution in [0.1, 0.15) is 51.2 Å². The Morgan fingerprint density at radius 1 is 1.41 bits per heavy atom. The highest BCUT2D eigenvalue weighted by molar-refractivity contribution is 5.80. The van der Waals surface area contributed by atoms with Crippen molar-refractivity contribution in [2.45, 2.75) is 52.4 Å². The van der Waals surface area contributed by atoms with Crippen molar-refractivity contribution in [1.29, 1.82) is 0 Å². The van der Waals surface area contributed by atoms with E-state index in [9.17, 15) is 14.7 Å². The number of hydrogen-bond donors (Lipinski definition) is 1. The van der Waals surface area contributed by atoms with Crippen molar-refractivity contribution in [3.05, 3.63) is 11.7 Å². The van der Waals surface area contributed by atoms with Gasteiger partial charge in [-0.3, -0.25) is 9.59 Å². The van der Waals surface area contributed by atoms with Crippen LogP contribution in [0.15, 0.2) is 4.52 Å². The number of carbonyl (C=O) groups is 2. The summed E-state index contributed by atoms with van der Waals surface area (Å²) in [6.07, 6.45) is 3.86. The predicted octanol–water partition coefficient (Wildman–Crippen LogP) is 1.67. The molecular weight excluding hydrogens is 286 g/mol. The van der Waals surface area contributed by atoms with E-state index < -0.39 is 11.4 Å². The summed E-state index contributed by atoms with van der Waals surface area (Å²) in [5.41, 5.74) is -0.808. The highest BCUT2D eigenvalue weighted by Gasteiger charge is 2.41. The van der Waals surface area contributed by atoms with Crippen molar-refractivity contribution in [2.75, 3.05) is 13.1 Å². The second-order valence-electron chi connectivity index (χ2n) is 6.14. The van der Waals surface area contributed by atoms with Gasteiger partial charge in [-0.25, -0.2) is 0 Å². The molecule has 1 aromatic heterocycles. The van der Waals surface area contributed by atoms with Crippen LogP contribution in [0.2, 0.25) is 0 Å². The largest absolute Gasteiger partial charge is 0.481 e. The first kappa shape index (κ1) is 16.5. The Hall–Kier alpha value is -1.92. The number of aromatic nitrogens is 2. The molecule has 0 spiro atoms. The van der Waals surface area contributed by atoms with Crippen LogP contribution in [-0.2, 0) is 22.4 Å². The van der Waals surface area contributed by atoms with Gasteiger partial charge in [0.25, 0.3) is 0 Å². The zero-order valence-electron chi connectivity index (χ0n) is 13.2. The van der Waals surface area contributed by atoms with Gasteiger partial charge in [0.05, 0.1) is 5.41 Å². The highest BCUT2D eigenvalue weighted by Crippen LogP contribution is 2.30. The average Bonchev–Trinajstić information content (AvgIpc) is 3.07. The quantitative estimate of drug-likeness (QED) is 0.823. The zero-order valence-corrected chi connectivity index (χ0v) is 13.2. The molecule has 2 heterocycles. The van der Waals surface area contributed by atoms with Crippen LogP contribution in [0.25, 0.3) is 0 Å². The maximum Gasteiger partial charge on any atom is 0.311 e. The Kier molecular flexibility index (Phi) is 5.15. The summed E-state index contributed by atoms with van der Waals surface area (Å²) < 4.78 is 5.13. The first-order valence-electron chi connectivity index (χ1n) is 7.77. The molecule has 1 N–H and O–H groups in total. The van der Waals surface area contributed by atoms with Crippen molar-refractivity contribution in [3.63, 3.8) is 0 Å². The minimum absolute atomic E-state index is 0.00160. The Morgan fingerprint density at radius 3 is 2.82 bits per heavy atom. The lowest BCUT2D eigenvalue weighted by Gasteiger charge is -2.20. The highest BCUT2D eigenvalue weighted by atomic mass is 16.5. The van der Waals surface area contributed by atoms with Gasteiger partial charge >= 0.3 is 5.97 Å². The molecule has 22 heavy (non-hydrogen) atoms. The molecule has 1 fully saturated rings. The maximum absolute atomic E-state index is 12.1. The van der Waals surface area contributed by atoms with E-state index in [-0.39, 0.29) is 5.91 Å². The summed E-state index contributed by atoms with van der Waals surface area (Å²) >= 11 is 0. The molecule has 1 saturated heterocycles. The fourth-order valence-electron chi connectivity index (χ4n) is 2.61. The van der Waals surface area contributed by atoms with Crippen molar-refractivity contribution >= 4 is 11.9 Å². The third-order valence-corrected chi connectivity index (χ3v) is 4.11. The van der Waals surface area contributed by atoms with Gasteiger partial charge in [0.15, 0.2) is 5.82 Å². The smallest absolute Gasteiger partial charge is 0.311 e. The number of amides is 1. The molecule has 7 nitrogen and oxygen atoms in total. The van der Waals surface area contributed by atoms with Gasteiger partial charge in [-0.2, -0.15) is 4.98 Å². The molecule has 2 rings (SSSR count). The van der Waals surface area contributed by atoms with Gasteiger partial charge in [0.1, 0.15) is 0 Å². The lowest BCUT2D eigenvalue weighted by atomic mass is 9.90. The van der Waals surface area contributed by atoms with E-state index in [1.807, 2.05) is 0 Å². The van der Waals surface area contributed by atoms with Gasteiger partial charge in [-0.1, -0.05) is 12.1 Å². The number of likely N-dealkylation sites (tertiary alicyclic amines) is 1. The second kappa shape index (κ2) is 6.89. The number of carbonyl (C=O) groups excluding carboxylic acids is 1. The Bertz CT molecular complexity index is 543. The molecule has 122 valence electrons. The number of rotatable bonds is 7. The Morgan fingerprint density at radius 2 is 2.18 bits per heavy atom. The number of aryl methyl sites for hydroxylation is 2. The van der Waals surface area contributed by atoms with Crippen molar-refractivity contribution in [2.24, 2.45) is 5.41 Å². The number of carboxylic acid groups (broad SMARTS) is 1. The van der Waals surface area contributed by atoms with E-state index >= 15 is 0 Å². The molecule has 1 aliphatic heterocycles. The van der Waals surface area contributed by atoms with Crippen molar-refractivity contribution in [3.8, 4) is 0 Å². The van der Waals surface area contributed by atoms with Gasteiger partial charge in [-0.15, -0.1) is 0 Å². The molecule has 1 unspecified atom stereocenters. The summed E-state index contributed by atoms with van der Waals surface area (Å²) in [7, 11) is 0. The lowest BCUT2D eigenvalue weighted by Crippen LogP contribution is -2.34. The summed E-state index contributed by atoms with van der Waals surface area (Å²) in [6, 6.07) is 0. The van der Waals surface area contributed by atoms with Crippen LogP contribution < -0.4 is 0 Å². The molecule has 0 saturated carbocycles. The van der Waals surface area contributed by atoms with Crippen LogP contribution in [-0.4, -0.2) is 45.1 Å². The van der Waals surface area contributed by atoms with E-state index in [0.29, 0.717) is 50.5 Å². The number of carboxylic acids is 1. The monoisotopic (exact) mass is 309 g/mol. The molecule has 0 bridgehead atoms. The molecule has 7 heteroatoms. The minimum Gasteiger partial charge on any atom is -0.481 e. The van der Waals surface area contributed by atoms with Crippen LogP contribution in [0, 0.1) is 5.41 Å². The van der Waals surface area contributed by atoms with E-state index in [1.54, 1.807) is 11.8 Å². The summed E-state index contributed by atoms with van der Waals surface area (Å²) in [5.74, 6) is 0.434. The number of hydrogen-bond acceptors (Lipinski definition) is 5. The number of aliphatic carboxylic acids is 1. The second-order valence-corrected chi connectivity index (χ2v) is 6.14. The predicted molar refractivity (Wildman–Crippen MR) is 78.2 cm³/mol. The minimum atomic E-state index is -0.836. The SMILES string of the molecule is CCCc1noc(CCCC(=O)N2CCC(C)(C(=O)O)C2)n1. The van der Waals surface area contributed by atoms with E-state index in [4.69, 9.17) is 4.52 Å². The third kappa shape index (κ3) is 3.84. The van der Waals surface area contributed by atoms with Crippen LogP contribution >= 0.6 is 0 Å². The molecular formula is C15H23N3O4. The van der Waals surface area contributed by atoms with Gasteiger partial charge < -0.3 is 14.5 Å². The third-order valence-electron chi connectivity index (χ3n) is 4.11.